The normalized spacial score (nSPS) is 12.6. The van der Waals surface area contributed by atoms with Gasteiger partial charge in [-0.25, -0.2) is 4.99 Å². The Bertz CT molecular complexity index is 452. The van der Waals surface area contributed by atoms with Gasteiger partial charge in [0.15, 0.2) is 5.78 Å². The van der Waals surface area contributed by atoms with Gasteiger partial charge in [-0.3, -0.25) is 9.59 Å². The zero-order valence-corrected chi connectivity index (χ0v) is 10.4. The lowest BCUT2D eigenvalue weighted by molar-refractivity contribution is -0.120. The van der Waals surface area contributed by atoms with Gasteiger partial charge in [-0.1, -0.05) is 12.1 Å². The molecular formula is C13H16N2O3. The van der Waals surface area contributed by atoms with Crippen LogP contribution in [-0.2, 0) is 16.0 Å². The van der Waals surface area contributed by atoms with E-state index in [-0.39, 0.29) is 17.4 Å². The first-order valence-electron chi connectivity index (χ1n) is 5.56. The summed E-state index contributed by atoms with van der Waals surface area (Å²) in [4.78, 5) is 26.0. The maximum atomic E-state index is 11.7. The molecule has 18 heavy (non-hydrogen) atoms. The molecule has 0 heterocycles. The van der Waals surface area contributed by atoms with Crippen LogP contribution in [0.5, 0.6) is 5.75 Å². The Kier molecular flexibility index (Phi) is 5.20. The molecule has 1 amide bonds. The highest BCUT2D eigenvalue weighted by molar-refractivity contribution is 6.28. The molecule has 0 saturated heterocycles. The van der Waals surface area contributed by atoms with Crippen molar-refractivity contribution in [3.8, 4) is 5.75 Å². The molecule has 1 aromatic rings. The van der Waals surface area contributed by atoms with Crippen LogP contribution >= 0.6 is 0 Å². The summed E-state index contributed by atoms with van der Waals surface area (Å²) >= 11 is 0. The van der Waals surface area contributed by atoms with Crippen molar-refractivity contribution < 1.29 is 14.7 Å². The predicted molar refractivity (Wildman–Crippen MR) is 68.8 cm³/mol. The molecule has 2 N–H and O–H groups in total. The van der Waals surface area contributed by atoms with Crippen molar-refractivity contribution in [2.45, 2.75) is 19.4 Å². The second-order valence-electron chi connectivity index (χ2n) is 3.92. The Morgan fingerprint density at radius 3 is 2.50 bits per heavy atom. The van der Waals surface area contributed by atoms with E-state index in [1.54, 1.807) is 31.3 Å². The highest BCUT2D eigenvalue weighted by atomic mass is 16.3. The number of carbonyl (C=O) groups excluding carboxylic acids is 2. The molecule has 0 bridgehead atoms. The maximum Gasteiger partial charge on any atom is 0.263 e. The summed E-state index contributed by atoms with van der Waals surface area (Å²) in [7, 11) is 1.66. The van der Waals surface area contributed by atoms with Crippen LogP contribution in [0.4, 0.5) is 0 Å². The molecule has 1 rings (SSSR count). The molecule has 5 heteroatoms. The molecule has 0 aliphatic rings. The molecule has 0 fully saturated rings. The molecule has 5 nitrogen and oxygen atoms in total. The van der Waals surface area contributed by atoms with Gasteiger partial charge in [0.1, 0.15) is 5.75 Å². The van der Waals surface area contributed by atoms with Crippen molar-refractivity contribution in [2.24, 2.45) is 4.99 Å². The zero-order valence-electron chi connectivity index (χ0n) is 10.4. The number of nitrogens with one attached hydrogen (secondary N) is 1. The average Bonchev–Trinajstić information content (AvgIpc) is 2.35. The third-order valence-electron chi connectivity index (χ3n) is 2.40. The van der Waals surface area contributed by atoms with Gasteiger partial charge < -0.3 is 10.4 Å². The first kappa shape index (κ1) is 14.1. The van der Waals surface area contributed by atoms with Crippen molar-refractivity contribution in [3.05, 3.63) is 29.8 Å². The quantitative estimate of drug-likeness (QED) is 0.752. The van der Waals surface area contributed by atoms with E-state index in [2.05, 4.69) is 10.3 Å². The van der Waals surface area contributed by atoms with Gasteiger partial charge >= 0.3 is 0 Å². The summed E-state index contributed by atoms with van der Waals surface area (Å²) in [6, 6.07) is 6.12. The van der Waals surface area contributed by atoms with Crippen molar-refractivity contribution in [2.75, 3.05) is 7.05 Å². The van der Waals surface area contributed by atoms with E-state index < -0.39 is 6.04 Å². The van der Waals surface area contributed by atoms with Crippen molar-refractivity contribution in [3.63, 3.8) is 0 Å². The average molecular weight is 248 g/mol. The Morgan fingerprint density at radius 1 is 1.39 bits per heavy atom. The number of rotatable bonds is 5. The molecule has 1 atom stereocenters. The second kappa shape index (κ2) is 6.66. The second-order valence-corrected chi connectivity index (χ2v) is 3.92. The van der Waals surface area contributed by atoms with Gasteiger partial charge in [0, 0.05) is 6.92 Å². The molecule has 0 aliphatic heterocycles. The van der Waals surface area contributed by atoms with Gasteiger partial charge in [-0.2, -0.15) is 0 Å². The Morgan fingerprint density at radius 2 is 2.00 bits per heavy atom. The number of ketones is 1. The summed E-state index contributed by atoms with van der Waals surface area (Å²) in [6.45, 7) is 1.34. The van der Waals surface area contributed by atoms with Crippen LogP contribution in [0.2, 0.25) is 0 Å². The highest BCUT2D eigenvalue weighted by Crippen LogP contribution is 2.11. The van der Waals surface area contributed by atoms with Gasteiger partial charge in [-0.15, -0.1) is 0 Å². The lowest BCUT2D eigenvalue weighted by atomic mass is 10.1. The first-order chi connectivity index (χ1) is 8.52. The van der Waals surface area contributed by atoms with E-state index >= 15 is 0 Å². The number of likely N-dealkylation sites (N-methyl/N-ethyl adjacent to an activating group) is 1. The number of aromatic hydroxyl groups is 1. The van der Waals surface area contributed by atoms with E-state index in [9.17, 15) is 9.59 Å². The minimum Gasteiger partial charge on any atom is -0.508 e. The minimum absolute atomic E-state index is 0.181. The first-order valence-corrected chi connectivity index (χ1v) is 5.56. The Hall–Kier alpha value is -2.01. The highest BCUT2D eigenvalue weighted by Gasteiger charge is 2.15. The van der Waals surface area contributed by atoms with Crippen LogP contribution in [0.3, 0.4) is 0 Å². The summed E-state index contributed by atoms with van der Waals surface area (Å²) in [6.07, 6.45) is 1.47. The Balaban J connectivity index is 2.69. The number of phenolic OH excluding ortho intramolecular Hbond substituents is 1. The Labute approximate surface area is 106 Å². The molecular weight excluding hydrogens is 232 g/mol. The van der Waals surface area contributed by atoms with Crippen molar-refractivity contribution >= 4 is 17.9 Å². The molecule has 0 saturated carbocycles. The molecule has 1 aromatic carbocycles. The number of hydrogen-bond donors (Lipinski definition) is 2. The van der Waals surface area contributed by atoms with E-state index in [0.717, 1.165) is 11.8 Å². The van der Waals surface area contributed by atoms with Crippen LogP contribution in [-0.4, -0.2) is 36.1 Å². The summed E-state index contributed by atoms with van der Waals surface area (Å²) in [5, 5.41) is 12.0. The summed E-state index contributed by atoms with van der Waals surface area (Å²) in [5.74, 6) is -0.468. The molecule has 96 valence electrons. The zero-order chi connectivity index (χ0) is 13.5. The molecule has 0 radical (unpaired) electrons. The minimum atomic E-state index is -0.481. The summed E-state index contributed by atoms with van der Waals surface area (Å²) < 4.78 is 0. The van der Waals surface area contributed by atoms with Gasteiger partial charge in [0.05, 0.1) is 12.3 Å². The van der Waals surface area contributed by atoms with Crippen molar-refractivity contribution in [1.82, 2.24) is 5.32 Å². The van der Waals surface area contributed by atoms with E-state index in [1.807, 2.05) is 0 Å². The fraction of sp³-hybridized carbons (Fsp3) is 0.308. The van der Waals surface area contributed by atoms with Gasteiger partial charge in [-0.05, 0) is 31.2 Å². The number of nitrogens with zero attached hydrogens (tertiary/aromatic N) is 1. The van der Waals surface area contributed by atoms with Crippen molar-refractivity contribution in [1.29, 1.82) is 0 Å². The third-order valence-corrected chi connectivity index (χ3v) is 2.40. The molecule has 1 unspecified atom stereocenters. The van der Waals surface area contributed by atoms with Crippen LogP contribution < -0.4 is 5.32 Å². The third kappa shape index (κ3) is 4.47. The topological polar surface area (TPSA) is 78.8 Å². The maximum absolute atomic E-state index is 11.7. The van der Waals surface area contributed by atoms with Gasteiger partial charge in [0.25, 0.3) is 5.91 Å². The van der Waals surface area contributed by atoms with Crippen LogP contribution in [0.25, 0.3) is 0 Å². The molecule has 0 aliphatic carbocycles. The number of aliphatic imine (C=N–C) groups is 1. The van der Waals surface area contributed by atoms with Crippen LogP contribution in [0.1, 0.15) is 12.5 Å². The SMILES string of the molecule is CNC(Cc1ccc(O)cc1)C(=O)N=CC(C)=O. The van der Waals surface area contributed by atoms with E-state index in [4.69, 9.17) is 5.11 Å². The van der Waals surface area contributed by atoms with E-state index in [1.165, 1.54) is 6.92 Å². The number of benzene rings is 1. The standard InChI is InChI=1S/C13H16N2O3/c1-9(16)8-15-13(18)12(14-2)7-10-3-5-11(17)6-4-10/h3-6,8,12,14,17H,7H2,1-2H3. The number of amides is 1. The lowest BCUT2D eigenvalue weighted by Crippen LogP contribution is -2.35. The summed E-state index contributed by atoms with van der Waals surface area (Å²) in [5.41, 5.74) is 0.901. The lowest BCUT2D eigenvalue weighted by Gasteiger charge is -2.12. The largest absolute Gasteiger partial charge is 0.508 e. The number of hydrogen-bond acceptors (Lipinski definition) is 4. The monoisotopic (exact) mass is 248 g/mol. The number of carbonyl (C=O) groups is 2. The van der Waals surface area contributed by atoms with Gasteiger partial charge in [0.2, 0.25) is 0 Å². The molecule has 0 spiro atoms. The fourth-order valence-electron chi connectivity index (χ4n) is 1.43. The number of phenols is 1. The fourth-order valence-corrected chi connectivity index (χ4v) is 1.43. The van der Waals surface area contributed by atoms with E-state index in [0.29, 0.717) is 6.42 Å². The number of Topliss-reactive ketones (excluding diaryl/α,β-unsaturated/α-hetero) is 1. The predicted octanol–water partition coefficient (Wildman–Crippen LogP) is 0.709. The van der Waals surface area contributed by atoms with Crippen LogP contribution in [0.15, 0.2) is 29.3 Å². The smallest absolute Gasteiger partial charge is 0.263 e. The molecule has 0 aromatic heterocycles. The van der Waals surface area contributed by atoms with Crippen LogP contribution in [0, 0.1) is 0 Å².